The highest BCUT2D eigenvalue weighted by Gasteiger charge is 2.06. The molecule has 5 nitrogen and oxygen atoms in total. The smallest absolute Gasteiger partial charge is 0.226 e. The summed E-state index contributed by atoms with van der Waals surface area (Å²) < 4.78 is 14.9. The third-order valence-electron chi connectivity index (χ3n) is 2.25. The third-order valence-corrected chi connectivity index (χ3v) is 2.90. The molecule has 2 rings (SSSR count). The Hall–Kier alpha value is -1.76. The molecule has 0 aliphatic rings. The van der Waals surface area contributed by atoms with Crippen LogP contribution in [0.4, 0.5) is 10.1 Å². The van der Waals surface area contributed by atoms with Crippen LogP contribution in [0.1, 0.15) is 6.42 Å². The second-order valence-corrected chi connectivity index (χ2v) is 4.44. The number of nitrogens with zero attached hydrogens (tertiary/aromatic N) is 3. The molecule has 1 aromatic carbocycles. The van der Waals surface area contributed by atoms with E-state index in [1.165, 1.54) is 18.2 Å². The first-order valence-electron chi connectivity index (χ1n) is 5.24. The van der Waals surface area contributed by atoms with Crippen LogP contribution in [-0.2, 0) is 11.3 Å². The van der Waals surface area contributed by atoms with Crippen LogP contribution in [0.15, 0.2) is 35.1 Å². The molecule has 0 saturated heterocycles. The van der Waals surface area contributed by atoms with E-state index in [0.29, 0.717) is 16.7 Å². The van der Waals surface area contributed by atoms with Crippen LogP contribution in [0.5, 0.6) is 0 Å². The topological polar surface area (TPSA) is 59.8 Å². The summed E-state index contributed by atoms with van der Waals surface area (Å²) in [6.45, 7) is 0.449. The van der Waals surface area contributed by atoms with Gasteiger partial charge in [-0.3, -0.25) is 9.48 Å². The lowest BCUT2D eigenvalue weighted by molar-refractivity contribution is -0.116. The number of hydrogen-bond donors (Lipinski definition) is 1. The van der Waals surface area contributed by atoms with Gasteiger partial charge in [0, 0.05) is 17.1 Å². The molecule has 0 bridgehead atoms. The van der Waals surface area contributed by atoms with Crippen molar-refractivity contribution >= 4 is 27.5 Å². The summed E-state index contributed by atoms with van der Waals surface area (Å²) in [7, 11) is 0. The van der Waals surface area contributed by atoms with Crippen molar-refractivity contribution in [2.45, 2.75) is 13.0 Å². The van der Waals surface area contributed by atoms with Crippen LogP contribution in [0.3, 0.4) is 0 Å². The Morgan fingerprint density at radius 1 is 1.50 bits per heavy atom. The Kier molecular flexibility index (Phi) is 4.03. The van der Waals surface area contributed by atoms with Gasteiger partial charge in [-0.25, -0.2) is 4.39 Å². The fourth-order valence-corrected chi connectivity index (χ4v) is 1.82. The second kappa shape index (κ2) is 5.72. The maximum atomic E-state index is 12.9. The predicted molar refractivity (Wildman–Crippen MR) is 67.4 cm³/mol. The average Bonchev–Trinajstić information content (AvgIpc) is 2.83. The number of aromatic nitrogens is 3. The van der Waals surface area contributed by atoms with Gasteiger partial charge in [0.15, 0.2) is 0 Å². The van der Waals surface area contributed by atoms with Crippen molar-refractivity contribution in [1.82, 2.24) is 15.0 Å². The highest BCUT2D eigenvalue weighted by atomic mass is 79.9. The summed E-state index contributed by atoms with van der Waals surface area (Å²) in [5, 5.41) is 10.1. The molecule has 2 aromatic rings. The Morgan fingerprint density at radius 3 is 3.00 bits per heavy atom. The number of aryl methyl sites for hydroxylation is 1. The van der Waals surface area contributed by atoms with Gasteiger partial charge in [-0.05, 0) is 34.1 Å². The minimum Gasteiger partial charge on any atom is -0.325 e. The van der Waals surface area contributed by atoms with Gasteiger partial charge in [0.25, 0.3) is 0 Å². The largest absolute Gasteiger partial charge is 0.325 e. The first-order valence-corrected chi connectivity index (χ1v) is 6.03. The molecule has 0 aliphatic heterocycles. The van der Waals surface area contributed by atoms with Crippen molar-refractivity contribution in [3.05, 3.63) is 40.9 Å². The molecule has 1 amide bonds. The summed E-state index contributed by atoms with van der Waals surface area (Å²) in [4.78, 5) is 11.7. The van der Waals surface area contributed by atoms with Crippen LogP contribution in [-0.4, -0.2) is 20.9 Å². The van der Waals surface area contributed by atoms with E-state index in [-0.39, 0.29) is 18.1 Å². The van der Waals surface area contributed by atoms with Crippen molar-refractivity contribution < 1.29 is 9.18 Å². The SMILES string of the molecule is O=C(CCn1ccnn1)Nc1ccc(F)cc1Br. The maximum Gasteiger partial charge on any atom is 0.226 e. The standard InChI is InChI=1S/C11H10BrFN4O/c12-9-7-8(13)1-2-10(9)15-11(18)3-5-17-6-4-14-16-17/h1-2,4,6-7H,3,5H2,(H,15,18). The van der Waals surface area contributed by atoms with E-state index in [2.05, 4.69) is 31.6 Å². The van der Waals surface area contributed by atoms with E-state index in [4.69, 9.17) is 0 Å². The number of hydrogen-bond acceptors (Lipinski definition) is 3. The zero-order valence-electron chi connectivity index (χ0n) is 9.31. The Bertz CT molecular complexity index is 544. The molecule has 0 aliphatic carbocycles. The van der Waals surface area contributed by atoms with E-state index in [1.54, 1.807) is 17.1 Å². The average molecular weight is 313 g/mol. The van der Waals surface area contributed by atoms with E-state index in [0.717, 1.165) is 0 Å². The normalized spacial score (nSPS) is 10.3. The maximum absolute atomic E-state index is 12.9. The van der Waals surface area contributed by atoms with Gasteiger partial charge < -0.3 is 5.32 Å². The van der Waals surface area contributed by atoms with Crippen molar-refractivity contribution in [2.24, 2.45) is 0 Å². The van der Waals surface area contributed by atoms with Crippen molar-refractivity contribution in [3.63, 3.8) is 0 Å². The van der Waals surface area contributed by atoms with Gasteiger partial charge in [-0.1, -0.05) is 5.21 Å². The van der Waals surface area contributed by atoms with Crippen molar-refractivity contribution in [3.8, 4) is 0 Å². The minimum atomic E-state index is -0.359. The molecule has 7 heteroatoms. The molecule has 18 heavy (non-hydrogen) atoms. The van der Waals surface area contributed by atoms with Crippen LogP contribution >= 0.6 is 15.9 Å². The molecule has 1 heterocycles. The van der Waals surface area contributed by atoms with Crippen LogP contribution < -0.4 is 5.32 Å². The molecule has 1 aromatic heterocycles. The van der Waals surface area contributed by atoms with E-state index in [1.807, 2.05) is 0 Å². The lowest BCUT2D eigenvalue weighted by atomic mass is 10.3. The number of rotatable bonds is 4. The van der Waals surface area contributed by atoms with Gasteiger partial charge >= 0.3 is 0 Å². The van der Waals surface area contributed by atoms with Gasteiger partial charge in [0.05, 0.1) is 18.4 Å². The predicted octanol–water partition coefficient (Wildman–Crippen LogP) is 2.21. The Balaban J connectivity index is 1.91. The molecule has 94 valence electrons. The Labute approximate surface area is 111 Å². The van der Waals surface area contributed by atoms with Gasteiger partial charge in [-0.15, -0.1) is 5.10 Å². The molecular weight excluding hydrogens is 303 g/mol. The van der Waals surface area contributed by atoms with Gasteiger partial charge in [0.2, 0.25) is 5.91 Å². The monoisotopic (exact) mass is 312 g/mol. The van der Waals surface area contributed by atoms with Crippen LogP contribution in [0.2, 0.25) is 0 Å². The zero-order valence-corrected chi connectivity index (χ0v) is 10.9. The summed E-state index contributed by atoms with van der Waals surface area (Å²) in [6.07, 6.45) is 3.50. The molecular formula is C11H10BrFN4O. The molecule has 1 N–H and O–H groups in total. The quantitative estimate of drug-likeness (QED) is 0.941. The fraction of sp³-hybridized carbons (Fsp3) is 0.182. The zero-order chi connectivity index (χ0) is 13.0. The first kappa shape index (κ1) is 12.7. The highest BCUT2D eigenvalue weighted by Crippen LogP contribution is 2.23. The molecule has 0 unspecified atom stereocenters. The number of amides is 1. The van der Waals surface area contributed by atoms with Gasteiger partial charge in [0.1, 0.15) is 5.82 Å². The summed E-state index contributed by atoms with van der Waals surface area (Å²) in [6, 6.07) is 4.09. The summed E-state index contributed by atoms with van der Waals surface area (Å²) >= 11 is 3.18. The highest BCUT2D eigenvalue weighted by molar-refractivity contribution is 9.10. The third kappa shape index (κ3) is 3.36. The Morgan fingerprint density at radius 2 is 2.33 bits per heavy atom. The first-order chi connectivity index (χ1) is 8.65. The lowest BCUT2D eigenvalue weighted by Gasteiger charge is -2.07. The summed E-state index contributed by atoms with van der Waals surface area (Å²) in [5.41, 5.74) is 0.542. The molecule has 0 radical (unpaired) electrons. The fourth-order valence-electron chi connectivity index (χ4n) is 1.37. The van der Waals surface area contributed by atoms with Crippen molar-refractivity contribution in [2.75, 3.05) is 5.32 Å². The number of halogens is 2. The summed E-state index contributed by atoms with van der Waals surface area (Å²) in [5.74, 6) is -0.528. The number of carbonyl (C=O) groups excluding carboxylic acids is 1. The number of carbonyl (C=O) groups is 1. The van der Waals surface area contributed by atoms with E-state index in [9.17, 15) is 9.18 Å². The number of nitrogens with one attached hydrogen (secondary N) is 1. The number of anilines is 1. The molecule has 0 fully saturated rings. The molecule has 0 atom stereocenters. The van der Waals surface area contributed by atoms with Gasteiger partial charge in [-0.2, -0.15) is 0 Å². The second-order valence-electron chi connectivity index (χ2n) is 3.59. The van der Waals surface area contributed by atoms with E-state index >= 15 is 0 Å². The van der Waals surface area contributed by atoms with Crippen molar-refractivity contribution in [1.29, 1.82) is 0 Å². The number of benzene rings is 1. The lowest BCUT2D eigenvalue weighted by Crippen LogP contribution is -2.15. The van der Waals surface area contributed by atoms with Crippen LogP contribution in [0, 0.1) is 5.82 Å². The molecule has 0 spiro atoms. The van der Waals surface area contributed by atoms with E-state index < -0.39 is 0 Å². The molecule has 0 saturated carbocycles. The minimum absolute atomic E-state index is 0.169. The van der Waals surface area contributed by atoms with Crippen LogP contribution in [0.25, 0.3) is 0 Å².